The van der Waals surface area contributed by atoms with Crippen molar-refractivity contribution in [2.45, 2.75) is 13.2 Å². The summed E-state index contributed by atoms with van der Waals surface area (Å²) in [6.45, 7) is -2.76. The van der Waals surface area contributed by atoms with Gasteiger partial charge >= 0.3 is 12.6 Å². The lowest BCUT2D eigenvalue weighted by atomic mass is 10.1. The summed E-state index contributed by atoms with van der Waals surface area (Å²) >= 11 is 3.36. The number of methoxy groups -OCH3 is 1. The number of alkyl halides is 2. The summed E-state index contributed by atoms with van der Waals surface area (Å²) in [7, 11) is 1.26. The van der Waals surface area contributed by atoms with Crippen molar-refractivity contribution in [2.75, 3.05) is 7.11 Å². The highest BCUT2D eigenvalue weighted by atomic mass is 79.9. The average molecular weight is 438 g/mol. The average Bonchev–Trinajstić information content (AvgIpc) is 2.63. The van der Waals surface area contributed by atoms with E-state index in [4.69, 9.17) is 4.74 Å². The number of halogens is 3. The number of carbonyl (C=O) groups is 1. The summed E-state index contributed by atoms with van der Waals surface area (Å²) in [5.41, 5.74) is 0.552. The Morgan fingerprint density at radius 2 is 1.96 bits per heavy atom. The van der Waals surface area contributed by atoms with Crippen LogP contribution in [0.2, 0.25) is 0 Å². The van der Waals surface area contributed by atoms with E-state index in [-0.39, 0.29) is 23.4 Å². The Labute approximate surface area is 161 Å². The highest BCUT2D eigenvalue weighted by Crippen LogP contribution is 2.24. The Hall–Kier alpha value is -2.74. The number of pyridine rings is 1. The number of rotatable bonds is 5. The normalized spacial score (nSPS) is 11.0. The lowest BCUT2D eigenvalue weighted by molar-refractivity contribution is -0.0498. The van der Waals surface area contributed by atoms with Crippen LogP contribution in [0.4, 0.5) is 8.78 Å². The quantitative estimate of drug-likeness (QED) is 0.561. The maximum atomic E-state index is 12.8. The first-order chi connectivity index (χ1) is 12.9. The molecule has 2 aromatic carbocycles. The van der Waals surface area contributed by atoms with Gasteiger partial charge in [-0.1, -0.05) is 28.1 Å². The molecule has 0 unspecified atom stereocenters. The number of carbonyl (C=O) groups excluding carboxylic acids is 1. The first-order valence-corrected chi connectivity index (χ1v) is 8.63. The summed E-state index contributed by atoms with van der Waals surface area (Å²) < 4.78 is 35.9. The predicted molar refractivity (Wildman–Crippen MR) is 99.4 cm³/mol. The molecule has 1 heterocycles. The Balaban J connectivity index is 2.02. The number of fused-ring (bicyclic) bond motifs is 1. The minimum Gasteiger partial charge on any atom is -0.465 e. The monoisotopic (exact) mass is 437 g/mol. The Kier molecular flexibility index (Phi) is 5.55. The van der Waals surface area contributed by atoms with Gasteiger partial charge in [-0.2, -0.15) is 8.78 Å². The van der Waals surface area contributed by atoms with Gasteiger partial charge in [-0.25, -0.2) is 4.79 Å². The van der Waals surface area contributed by atoms with Gasteiger partial charge in [0.2, 0.25) is 0 Å². The molecular weight excluding hydrogens is 424 g/mol. The van der Waals surface area contributed by atoms with Crippen molar-refractivity contribution in [1.82, 2.24) is 4.57 Å². The van der Waals surface area contributed by atoms with Gasteiger partial charge in [0, 0.05) is 21.4 Å². The number of hydrogen-bond donors (Lipinski definition) is 0. The highest BCUT2D eigenvalue weighted by molar-refractivity contribution is 9.10. The molecule has 0 fully saturated rings. The van der Waals surface area contributed by atoms with E-state index < -0.39 is 12.6 Å². The van der Waals surface area contributed by atoms with Crippen LogP contribution in [0.1, 0.15) is 15.9 Å². The van der Waals surface area contributed by atoms with E-state index in [1.54, 1.807) is 30.5 Å². The number of nitrogens with zero attached hydrogens (tertiary/aromatic N) is 1. The first kappa shape index (κ1) is 19.0. The third kappa shape index (κ3) is 4.16. The van der Waals surface area contributed by atoms with Gasteiger partial charge in [0.05, 0.1) is 19.2 Å². The fraction of sp³-hybridized carbons (Fsp3) is 0.158. The van der Waals surface area contributed by atoms with Gasteiger partial charge in [0.15, 0.2) is 0 Å². The smallest absolute Gasteiger partial charge is 0.387 e. The Morgan fingerprint density at radius 3 is 2.67 bits per heavy atom. The second-order valence-corrected chi connectivity index (χ2v) is 6.54. The molecule has 0 amide bonds. The van der Waals surface area contributed by atoms with Crippen molar-refractivity contribution in [2.24, 2.45) is 0 Å². The molecule has 0 atom stereocenters. The molecule has 8 heteroatoms. The molecule has 140 valence electrons. The van der Waals surface area contributed by atoms with Crippen molar-refractivity contribution in [1.29, 1.82) is 0 Å². The summed E-state index contributed by atoms with van der Waals surface area (Å²) in [5, 5.41) is 0.992. The molecule has 0 aliphatic rings. The zero-order valence-electron chi connectivity index (χ0n) is 14.1. The summed E-state index contributed by atoms with van der Waals surface area (Å²) in [6.07, 6.45) is 1.61. The molecule has 1 aromatic heterocycles. The number of ether oxygens (including phenoxy) is 2. The van der Waals surface area contributed by atoms with Gasteiger partial charge < -0.3 is 14.0 Å². The SMILES string of the molecule is COC(=O)c1cc(Br)c2ccn(Cc3cccc(OC(F)F)c3)c(=O)c2c1. The van der Waals surface area contributed by atoms with Gasteiger partial charge in [-0.05, 0) is 35.9 Å². The fourth-order valence-electron chi connectivity index (χ4n) is 2.73. The third-order valence-electron chi connectivity index (χ3n) is 3.94. The van der Waals surface area contributed by atoms with Crippen LogP contribution in [0.25, 0.3) is 10.8 Å². The molecule has 0 saturated carbocycles. The summed E-state index contributed by atoms with van der Waals surface area (Å²) in [4.78, 5) is 24.6. The molecule has 0 aliphatic carbocycles. The minimum absolute atomic E-state index is 0.0204. The molecule has 0 bridgehead atoms. The molecule has 3 aromatic rings. The van der Waals surface area contributed by atoms with Gasteiger partial charge in [-0.15, -0.1) is 0 Å². The van der Waals surface area contributed by atoms with Crippen LogP contribution >= 0.6 is 15.9 Å². The molecule has 0 spiro atoms. The second kappa shape index (κ2) is 7.87. The zero-order valence-corrected chi connectivity index (χ0v) is 15.7. The number of esters is 1. The van der Waals surface area contributed by atoms with Crippen LogP contribution in [-0.4, -0.2) is 24.3 Å². The van der Waals surface area contributed by atoms with Crippen LogP contribution in [0.5, 0.6) is 5.75 Å². The molecule has 27 heavy (non-hydrogen) atoms. The molecule has 3 rings (SSSR count). The largest absolute Gasteiger partial charge is 0.465 e. The molecule has 0 radical (unpaired) electrons. The van der Waals surface area contributed by atoms with E-state index in [1.807, 2.05) is 0 Å². The third-order valence-corrected chi connectivity index (χ3v) is 4.60. The topological polar surface area (TPSA) is 57.5 Å². The summed E-state index contributed by atoms with van der Waals surface area (Å²) in [6, 6.07) is 10.9. The van der Waals surface area contributed by atoms with E-state index in [0.717, 1.165) is 0 Å². The predicted octanol–water partition coefficient (Wildman–Crippen LogP) is 4.20. The van der Waals surface area contributed by atoms with Gasteiger partial charge in [-0.3, -0.25) is 4.79 Å². The van der Waals surface area contributed by atoms with Crippen LogP contribution < -0.4 is 10.3 Å². The van der Waals surface area contributed by atoms with Crippen molar-refractivity contribution >= 4 is 32.7 Å². The molecule has 0 saturated heterocycles. The molecular formula is C19H14BrF2NO4. The van der Waals surface area contributed by atoms with Crippen molar-refractivity contribution in [3.8, 4) is 5.75 Å². The molecule has 5 nitrogen and oxygen atoms in total. The molecule has 0 aliphatic heterocycles. The lowest BCUT2D eigenvalue weighted by Crippen LogP contribution is -2.20. The number of aromatic nitrogens is 1. The maximum absolute atomic E-state index is 12.8. The van der Waals surface area contributed by atoms with E-state index in [2.05, 4.69) is 20.7 Å². The van der Waals surface area contributed by atoms with Crippen LogP contribution in [-0.2, 0) is 11.3 Å². The van der Waals surface area contributed by atoms with Gasteiger partial charge in [0.25, 0.3) is 5.56 Å². The van der Waals surface area contributed by atoms with Crippen LogP contribution in [0.3, 0.4) is 0 Å². The van der Waals surface area contributed by atoms with Crippen LogP contribution in [0, 0.1) is 0 Å². The summed E-state index contributed by atoms with van der Waals surface area (Å²) in [5.74, 6) is -0.531. The highest BCUT2D eigenvalue weighted by Gasteiger charge is 2.13. The van der Waals surface area contributed by atoms with Gasteiger partial charge in [0.1, 0.15) is 5.75 Å². The Bertz CT molecular complexity index is 1070. The van der Waals surface area contributed by atoms with Crippen LogP contribution in [0.15, 0.2) is 57.9 Å². The second-order valence-electron chi connectivity index (χ2n) is 5.69. The molecule has 0 N–H and O–H groups in total. The van der Waals surface area contributed by atoms with E-state index in [9.17, 15) is 18.4 Å². The lowest BCUT2D eigenvalue weighted by Gasteiger charge is -2.11. The standard InChI is InChI=1S/C19H14BrF2NO4/c1-26-18(25)12-8-15-14(16(20)9-12)5-6-23(17(15)24)10-11-3-2-4-13(7-11)27-19(21)22/h2-9,19H,10H2,1H3. The van der Waals surface area contributed by atoms with E-state index in [0.29, 0.717) is 20.8 Å². The zero-order chi connectivity index (χ0) is 19.6. The minimum atomic E-state index is -2.92. The van der Waals surface area contributed by atoms with Crippen molar-refractivity contribution < 1.29 is 23.0 Å². The van der Waals surface area contributed by atoms with E-state index in [1.165, 1.54) is 29.9 Å². The van der Waals surface area contributed by atoms with Crippen molar-refractivity contribution in [3.63, 3.8) is 0 Å². The van der Waals surface area contributed by atoms with E-state index >= 15 is 0 Å². The van der Waals surface area contributed by atoms with Crippen molar-refractivity contribution in [3.05, 3.63) is 74.6 Å². The number of benzene rings is 2. The number of hydrogen-bond acceptors (Lipinski definition) is 4. The maximum Gasteiger partial charge on any atom is 0.387 e. The fourth-order valence-corrected chi connectivity index (χ4v) is 3.32. The first-order valence-electron chi connectivity index (χ1n) is 7.84. The Morgan fingerprint density at radius 1 is 1.19 bits per heavy atom.